The lowest BCUT2D eigenvalue weighted by molar-refractivity contribution is -0.139. The van der Waals surface area contributed by atoms with Gasteiger partial charge in [0, 0.05) is 42.6 Å². The molecule has 3 unspecified atom stereocenters. The summed E-state index contributed by atoms with van der Waals surface area (Å²) in [6, 6.07) is 8.38. The van der Waals surface area contributed by atoms with Crippen molar-refractivity contribution in [3.8, 4) is 11.5 Å². The number of amides is 2. The Kier molecular flexibility index (Phi) is 11.9. The van der Waals surface area contributed by atoms with E-state index in [1.54, 1.807) is 24.3 Å². The normalized spacial score (nSPS) is 20.3. The molecular formula is C32H38FIN2O7. The van der Waals surface area contributed by atoms with Gasteiger partial charge in [-0.25, -0.2) is 4.39 Å². The molecule has 2 aliphatic carbocycles. The zero-order valence-electron chi connectivity index (χ0n) is 24.1. The standard InChI is InChI=1S/C32H38FIN2O7/c1-42-28-15-21(19-38)14-25(34)31(28)43-27-17-23(32(41)35-12-13-37)16-26(30(27)40)36(18-22-8-4-5-9-24(22)33)29(39)11-10-20-6-2-3-7-20/h4-5,8-9,14-15,17,19-20,26-27,30,37,40H,2-3,6-7,10-13,16,18H2,1H3,(H,35,41). The third-order valence-electron chi connectivity index (χ3n) is 8.12. The molecule has 2 aromatic rings. The van der Waals surface area contributed by atoms with Crippen molar-refractivity contribution in [3.63, 3.8) is 0 Å². The fourth-order valence-electron chi connectivity index (χ4n) is 5.81. The smallest absolute Gasteiger partial charge is 0.247 e. The van der Waals surface area contributed by atoms with Gasteiger partial charge < -0.3 is 29.9 Å². The Bertz CT molecular complexity index is 1330. The molecule has 0 heterocycles. The molecule has 1 saturated carbocycles. The van der Waals surface area contributed by atoms with Gasteiger partial charge in [-0.3, -0.25) is 14.4 Å². The number of nitrogens with zero attached hydrogens (tertiary/aromatic N) is 1. The predicted molar refractivity (Wildman–Crippen MR) is 166 cm³/mol. The molecule has 43 heavy (non-hydrogen) atoms. The summed E-state index contributed by atoms with van der Waals surface area (Å²) in [5.41, 5.74) is 0.927. The zero-order chi connectivity index (χ0) is 30.9. The van der Waals surface area contributed by atoms with E-state index in [9.17, 15) is 29.0 Å². The molecule has 9 nitrogen and oxygen atoms in total. The number of carbonyl (C=O) groups excluding carboxylic acids is 3. The number of aliphatic hydroxyl groups is 2. The van der Waals surface area contributed by atoms with Crippen molar-refractivity contribution >= 4 is 40.7 Å². The number of halogens is 2. The minimum Gasteiger partial charge on any atom is -0.493 e. The number of nitrogens with one attached hydrogen (secondary N) is 1. The van der Waals surface area contributed by atoms with Crippen molar-refractivity contribution in [2.75, 3.05) is 20.3 Å². The number of ether oxygens (including phenoxy) is 2. The lowest BCUT2D eigenvalue weighted by Crippen LogP contribution is -2.55. The van der Waals surface area contributed by atoms with Crippen molar-refractivity contribution in [3.05, 3.63) is 68.6 Å². The van der Waals surface area contributed by atoms with Crippen LogP contribution in [0.1, 0.15) is 60.9 Å². The van der Waals surface area contributed by atoms with E-state index in [0.717, 1.165) is 25.7 Å². The fourth-order valence-corrected chi connectivity index (χ4v) is 6.56. The van der Waals surface area contributed by atoms with Crippen LogP contribution in [0, 0.1) is 15.3 Å². The summed E-state index contributed by atoms with van der Waals surface area (Å²) in [5, 5.41) is 23.6. The molecule has 0 aliphatic heterocycles. The van der Waals surface area contributed by atoms with Gasteiger partial charge in [-0.15, -0.1) is 0 Å². The molecule has 2 aliphatic rings. The molecule has 2 aromatic carbocycles. The molecule has 11 heteroatoms. The van der Waals surface area contributed by atoms with Gasteiger partial charge in [-0.2, -0.15) is 0 Å². The van der Waals surface area contributed by atoms with Crippen LogP contribution in [0.3, 0.4) is 0 Å². The number of benzene rings is 2. The van der Waals surface area contributed by atoms with Crippen molar-refractivity contribution in [1.82, 2.24) is 10.2 Å². The Balaban J connectivity index is 1.70. The van der Waals surface area contributed by atoms with Crippen molar-refractivity contribution in [2.24, 2.45) is 5.92 Å². The Labute approximate surface area is 264 Å². The van der Waals surface area contributed by atoms with Gasteiger partial charge >= 0.3 is 0 Å². The van der Waals surface area contributed by atoms with Crippen LogP contribution >= 0.6 is 22.6 Å². The number of carbonyl (C=O) groups is 3. The maximum Gasteiger partial charge on any atom is 0.247 e. The second-order valence-corrected chi connectivity index (χ2v) is 12.1. The van der Waals surface area contributed by atoms with Crippen LogP contribution < -0.4 is 14.8 Å². The topological polar surface area (TPSA) is 125 Å². The first-order chi connectivity index (χ1) is 20.7. The first-order valence-electron chi connectivity index (χ1n) is 14.6. The predicted octanol–water partition coefficient (Wildman–Crippen LogP) is 4.17. The quantitative estimate of drug-likeness (QED) is 0.211. The molecule has 3 atom stereocenters. The summed E-state index contributed by atoms with van der Waals surface area (Å²) in [4.78, 5) is 39.8. The molecule has 0 aromatic heterocycles. The van der Waals surface area contributed by atoms with E-state index >= 15 is 0 Å². The van der Waals surface area contributed by atoms with E-state index in [1.165, 1.54) is 30.2 Å². The SMILES string of the molecule is COc1cc(C=O)cc(I)c1OC1C=C(C(=O)NCCO)CC(N(Cc2ccccc2F)C(=O)CCC2CCCC2)C1O. The molecule has 0 spiro atoms. The molecular weight excluding hydrogens is 670 g/mol. The average Bonchev–Trinajstić information content (AvgIpc) is 3.54. The number of aldehydes is 1. The highest BCUT2D eigenvalue weighted by Crippen LogP contribution is 2.37. The van der Waals surface area contributed by atoms with Gasteiger partial charge in [0.2, 0.25) is 11.8 Å². The van der Waals surface area contributed by atoms with E-state index in [-0.39, 0.29) is 55.5 Å². The van der Waals surface area contributed by atoms with Crippen molar-refractivity contribution < 1.29 is 38.5 Å². The number of hydrogen-bond acceptors (Lipinski definition) is 7. The lowest BCUT2D eigenvalue weighted by Gasteiger charge is -2.41. The van der Waals surface area contributed by atoms with Gasteiger partial charge in [-0.1, -0.05) is 43.9 Å². The Hall–Kier alpha value is -3.03. The van der Waals surface area contributed by atoms with Gasteiger partial charge in [-0.05, 0) is 59.2 Å². The third-order valence-corrected chi connectivity index (χ3v) is 8.92. The van der Waals surface area contributed by atoms with Crippen LogP contribution in [0.2, 0.25) is 0 Å². The second-order valence-electron chi connectivity index (χ2n) is 11.0. The van der Waals surface area contributed by atoms with Crippen LogP contribution in [0.25, 0.3) is 0 Å². The first kappa shape index (κ1) is 32.9. The number of hydrogen-bond donors (Lipinski definition) is 3. The van der Waals surface area contributed by atoms with Crippen LogP contribution in [0.15, 0.2) is 48.0 Å². The number of rotatable bonds is 13. The molecule has 0 radical (unpaired) electrons. The maximum absolute atomic E-state index is 14.8. The minimum atomic E-state index is -1.29. The molecule has 1 fully saturated rings. The van der Waals surface area contributed by atoms with Gasteiger partial charge in [0.15, 0.2) is 11.5 Å². The summed E-state index contributed by atoms with van der Waals surface area (Å²) in [6.45, 7) is -0.333. The maximum atomic E-state index is 14.8. The van der Waals surface area contributed by atoms with E-state index in [1.807, 2.05) is 22.6 Å². The number of aliphatic hydroxyl groups excluding tert-OH is 2. The Morgan fingerprint density at radius 2 is 1.95 bits per heavy atom. The summed E-state index contributed by atoms with van der Waals surface area (Å²) < 4.78 is 27.1. The Morgan fingerprint density at radius 1 is 1.21 bits per heavy atom. The highest BCUT2D eigenvalue weighted by molar-refractivity contribution is 14.1. The summed E-state index contributed by atoms with van der Waals surface area (Å²) in [7, 11) is 1.43. The van der Waals surface area contributed by atoms with Gasteiger partial charge in [0.25, 0.3) is 0 Å². The molecule has 0 bridgehead atoms. The molecule has 2 amide bonds. The van der Waals surface area contributed by atoms with E-state index in [4.69, 9.17) is 9.47 Å². The second kappa shape index (κ2) is 15.6. The van der Waals surface area contributed by atoms with Crippen LogP contribution in [-0.4, -0.2) is 71.7 Å². The highest BCUT2D eigenvalue weighted by atomic mass is 127. The van der Waals surface area contributed by atoms with Crippen LogP contribution in [-0.2, 0) is 16.1 Å². The third kappa shape index (κ3) is 8.33. The zero-order valence-corrected chi connectivity index (χ0v) is 26.3. The largest absolute Gasteiger partial charge is 0.493 e. The van der Waals surface area contributed by atoms with Crippen molar-refractivity contribution in [1.29, 1.82) is 0 Å². The monoisotopic (exact) mass is 708 g/mol. The molecule has 4 rings (SSSR count). The Morgan fingerprint density at radius 3 is 2.63 bits per heavy atom. The van der Waals surface area contributed by atoms with Crippen LogP contribution in [0.5, 0.6) is 11.5 Å². The first-order valence-corrected chi connectivity index (χ1v) is 15.6. The highest BCUT2D eigenvalue weighted by Gasteiger charge is 2.41. The van der Waals surface area contributed by atoms with E-state index in [2.05, 4.69) is 5.32 Å². The average molecular weight is 709 g/mol. The molecule has 3 N–H and O–H groups in total. The summed E-state index contributed by atoms with van der Waals surface area (Å²) in [5.74, 6) is -0.202. The van der Waals surface area contributed by atoms with Gasteiger partial charge in [0.1, 0.15) is 24.3 Å². The summed E-state index contributed by atoms with van der Waals surface area (Å²) in [6.07, 6.45) is 5.18. The van der Waals surface area contributed by atoms with Crippen LogP contribution in [0.4, 0.5) is 4.39 Å². The minimum absolute atomic E-state index is 0.000215. The number of methoxy groups -OCH3 is 1. The van der Waals surface area contributed by atoms with Gasteiger partial charge in [0.05, 0.1) is 23.3 Å². The lowest BCUT2D eigenvalue weighted by atomic mass is 9.87. The van der Waals surface area contributed by atoms with Crippen molar-refractivity contribution in [2.45, 2.75) is 69.7 Å². The molecule has 0 saturated heterocycles. The van der Waals surface area contributed by atoms with E-state index in [0.29, 0.717) is 33.3 Å². The summed E-state index contributed by atoms with van der Waals surface area (Å²) >= 11 is 2.00. The molecule has 232 valence electrons. The fraction of sp³-hybridized carbons (Fsp3) is 0.469. The van der Waals surface area contributed by atoms with E-state index < -0.39 is 30.0 Å².